The Labute approximate surface area is 116 Å². The van der Waals surface area contributed by atoms with Crippen LogP contribution in [0.15, 0.2) is 30.3 Å². The Morgan fingerprint density at radius 1 is 1.32 bits per heavy atom. The van der Waals surface area contributed by atoms with Gasteiger partial charge in [0.1, 0.15) is 0 Å². The lowest BCUT2D eigenvalue weighted by molar-refractivity contribution is 0.110. The predicted octanol–water partition coefficient (Wildman–Crippen LogP) is 1.93. The maximum Gasteiger partial charge on any atom is 0.0478 e. The van der Waals surface area contributed by atoms with Gasteiger partial charge < -0.3 is 10.1 Å². The molecule has 0 saturated carbocycles. The Morgan fingerprint density at radius 3 is 2.95 bits per heavy atom. The second kappa shape index (κ2) is 8.31. The molecule has 1 N–H and O–H groups in total. The molecule has 0 amide bonds. The summed E-state index contributed by atoms with van der Waals surface area (Å²) in [6.07, 6.45) is 2.28. The molecule has 3 heteroatoms. The summed E-state index contributed by atoms with van der Waals surface area (Å²) in [6.45, 7) is 8.29. The van der Waals surface area contributed by atoms with Crippen LogP contribution in [0.4, 0.5) is 0 Å². The summed E-state index contributed by atoms with van der Waals surface area (Å²) in [4.78, 5) is 2.61. The molecule has 1 fully saturated rings. The average molecular weight is 262 g/mol. The fourth-order valence-corrected chi connectivity index (χ4v) is 2.70. The van der Waals surface area contributed by atoms with Gasteiger partial charge >= 0.3 is 0 Å². The summed E-state index contributed by atoms with van der Waals surface area (Å²) >= 11 is 0. The van der Waals surface area contributed by atoms with Crippen molar-refractivity contribution in [3.05, 3.63) is 35.9 Å². The van der Waals surface area contributed by atoms with E-state index < -0.39 is 0 Å². The van der Waals surface area contributed by atoms with E-state index in [0.29, 0.717) is 6.04 Å². The molecule has 0 radical (unpaired) electrons. The molecule has 106 valence electrons. The van der Waals surface area contributed by atoms with Crippen molar-refractivity contribution in [3.8, 4) is 0 Å². The highest BCUT2D eigenvalue weighted by atomic mass is 16.5. The molecule has 2 rings (SSSR count). The summed E-state index contributed by atoms with van der Waals surface area (Å²) in [5.41, 5.74) is 1.44. The zero-order valence-electron chi connectivity index (χ0n) is 12.0. The standard InChI is InChI=1S/C16H26N2O/c1-2-19-12-6-10-18-11-9-17-14-16(18)13-15-7-4-3-5-8-15/h3-5,7-8,16-17H,2,6,9-14H2,1H3. The minimum Gasteiger partial charge on any atom is -0.382 e. The van der Waals surface area contributed by atoms with Gasteiger partial charge in [0.15, 0.2) is 0 Å². The molecule has 0 bridgehead atoms. The summed E-state index contributed by atoms with van der Waals surface area (Å²) in [5.74, 6) is 0. The first-order chi connectivity index (χ1) is 9.40. The molecule has 1 aliphatic rings. The molecule has 1 heterocycles. The smallest absolute Gasteiger partial charge is 0.0478 e. The SMILES string of the molecule is CCOCCCN1CCNCC1Cc1ccccc1. The van der Waals surface area contributed by atoms with Crippen LogP contribution in [0.5, 0.6) is 0 Å². The van der Waals surface area contributed by atoms with Crippen LogP contribution in [0, 0.1) is 0 Å². The van der Waals surface area contributed by atoms with E-state index in [1.54, 1.807) is 0 Å². The van der Waals surface area contributed by atoms with Crippen LogP contribution in [-0.4, -0.2) is 50.3 Å². The van der Waals surface area contributed by atoms with Gasteiger partial charge in [-0.3, -0.25) is 4.90 Å². The maximum absolute atomic E-state index is 5.44. The summed E-state index contributed by atoms with van der Waals surface area (Å²) in [5, 5.41) is 3.51. The van der Waals surface area contributed by atoms with Crippen LogP contribution in [0.2, 0.25) is 0 Å². The van der Waals surface area contributed by atoms with Crippen LogP contribution < -0.4 is 5.32 Å². The lowest BCUT2D eigenvalue weighted by atomic mass is 10.0. The highest BCUT2D eigenvalue weighted by Gasteiger charge is 2.21. The minimum atomic E-state index is 0.623. The van der Waals surface area contributed by atoms with Crippen molar-refractivity contribution < 1.29 is 4.74 Å². The Hall–Kier alpha value is -0.900. The van der Waals surface area contributed by atoms with E-state index in [1.807, 2.05) is 0 Å². The number of rotatable bonds is 7. The monoisotopic (exact) mass is 262 g/mol. The topological polar surface area (TPSA) is 24.5 Å². The molecule has 1 aromatic rings. The van der Waals surface area contributed by atoms with E-state index in [0.717, 1.165) is 52.2 Å². The number of nitrogens with one attached hydrogen (secondary N) is 1. The predicted molar refractivity (Wildman–Crippen MR) is 79.5 cm³/mol. The van der Waals surface area contributed by atoms with E-state index in [1.165, 1.54) is 5.56 Å². The molecule has 0 spiro atoms. The van der Waals surface area contributed by atoms with Gasteiger partial charge in [-0.15, -0.1) is 0 Å². The average Bonchev–Trinajstić information content (AvgIpc) is 2.46. The first-order valence-electron chi connectivity index (χ1n) is 7.46. The maximum atomic E-state index is 5.44. The Morgan fingerprint density at radius 2 is 2.16 bits per heavy atom. The largest absolute Gasteiger partial charge is 0.382 e. The molecule has 0 aliphatic carbocycles. The van der Waals surface area contributed by atoms with Crippen LogP contribution in [-0.2, 0) is 11.2 Å². The quantitative estimate of drug-likeness (QED) is 0.760. The van der Waals surface area contributed by atoms with Gasteiger partial charge in [0.2, 0.25) is 0 Å². The van der Waals surface area contributed by atoms with E-state index in [-0.39, 0.29) is 0 Å². The van der Waals surface area contributed by atoms with E-state index in [4.69, 9.17) is 4.74 Å². The van der Waals surface area contributed by atoms with Crippen molar-refractivity contribution >= 4 is 0 Å². The summed E-state index contributed by atoms with van der Waals surface area (Å²) in [6, 6.07) is 11.4. The third-order valence-electron chi connectivity index (χ3n) is 3.72. The van der Waals surface area contributed by atoms with Gasteiger partial charge in [0.25, 0.3) is 0 Å². The van der Waals surface area contributed by atoms with Crippen molar-refractivity contribution in [2.75, 3.05) is 39.4 Å². The zero-order chi connectivity index (χ0) is 13.3. The van der Waals surface area contributed by atoms with Gasteiger partial charge in [-0.25, -0.2) is 0 Å². The van der Waals surface area contributed by atoms with Crippen LogP contribution in [0.1, 0.15) is 18.9 Å². The normalized spacial score (nSPS) is 20.6. The molecule has 1 aliphatic heterocycles. The van der Waals surface area contributed by atoms with Crippen LogP contribution >= 0.6 is 0 Å². The minimum absolute atomic E-state index is 0.623. The number of hydrogen-bond acceptors (Lipinski definition) is 3. The van der Waals surface area contributed by atoms with E-state index >= 15 is 0 Å². The van der Waals surface area contributed by atoms with Crippen molar-refractivity contribution in [2.24, 2.45) is 0 Å². The molecular formula is C16H26N2O. The summed E-state index contributed by atoms with van der Waals surface area (Å²) in [7, 11) is 0. The second-order valence-electron chi connectivity index (χ2n) is 5.13. The van der Waals surface area contributed by atoms with Gasteiger partial charge in [0, 0.05) is 45.4 Å². The summed E-state index contributed by atoms with van der Waals surface area (Å²) < 4.78 is 5.44. The van der Waals surface area contributed by atoms with Crippen molar-refractivity contribution in [1.82, 2.24) is 10.2 Å². The highest BCUT2D eigenvalue weighted by molar-refractivity contribution is 5.16. The number of nitrogens with zero attached hydrogens (tertiary/aromatic N) is 1. The molecule has 3 nitrogen and oxygen atoms in total. The van der Waals surface area contributed by atoms with E-state index in [9.17, 15) is 0 Å². The number of ether oxygens (including phenoxy) is 1. The van der Waals surface area contributed by atoms with Crippen molar-refractivity contribution in [3.63, 3.8) is 0 Å². The third-order valence-corrected chi connectivity index (χ3v) is 3.72. The van der Waals surface area contributed by atoms with Crippen molar-refractivity contribution in [1.29, 1.82) is 0 Å². The van der Waals surface area contributed by atoms with E-state index in [2.05, 4.69) is 47.5 Å². The fraction of sp³-hybridized carbons (Fsp3) is 0.625. The van der Waals surface area contributed by atoms with Crippen LogP contribution in [0.3, 0.4) is 0 Å². The Bertz CT molecular complexity index is 342. The van der Waals surface area contributed by atoms with Crippen LogP contribution in [0.25, 0.3) is 0 Å². The number of piperazine rings is 1. The molecule has 1 atom stereocenters. The first-order valence-corrected chi connectivity index (χ1v) is 7.46. The lowest BCUT2D eigenvalue weighted by Gasteiger charge is -2.36. The molecule has 1 aromatic carbocycles. The zero-order valence-corrected chi connectivity index (χ0v) is 12.0. The van der Waals surface area contributed by atoms with Gasteiger partial charge in [-0.05, 0) is 25.3 Å². The lowest BCUT2D eigenvalue weighted by Crippen LogP contribution is -2.52. The molecule has 19 heavy (non-hydrogen) atoms. The molecular weight excluding hydrogens is 236 g/mol. The van der Waals surface area contributed by atoms with Crippen molar-refractivity contribution in [2.45, 2.75) is 25.8 Å². The molecule has 0 aromatic heterocycles. The second-order valence-corrected chi connectivity index (χ2v) is 5.13. The first kappa shape index (κ1) is 14.5. The Balaban J connectivity index is 1.82. The fourth-order valence-electron chi connectivity index (χ4n) is 2.70. The highest BCUT2D eigenvalue weighted by Crippen LogP contribution is 2.11. The van der Waals surface area contributed by atoms with Gasteiger partial charge in [-0.2, -0.15) is 0 Å². The van der Waals surface area contributed by atoms with Gasteiger partial charge in [0.05, 0.1) is 0 Å². The number of hydrogen-bond donors (Lipinski definition) is 1. The van der Waals surface area contributed by atoms with Gasteiger partial charge in [-0.1, -0.05) is 30.3 Å². The Kier molecular flexibility index (Phi) is 6.34. The molecule has 1 unspecified atom stereocenters. The third kappa shape index (κ3) is 4.94. The number of benzene rings is 1. The molecule has 1 saturated heterocycles.